The van der Waals surface area contributed by atoms with Crippen LogP contribution in [0.1, 0.15) is 57.4 Å². The molecule has 0 radical (unpaired) electrons. The quantitative estimate of drug-likeness (QED) is 0.360. The number of rotatable bonds is 7. The maximum atomic E-state index is 5.32. The number of hydrogen-bond donors (Lipinski definition) is 2. The molecule has 1 aromatic rings. The maximum Gasteiger partial charge on any atom is 0.191 e. The summed E-state index contributed by atoms with van der Waals surface area (Å²) in [6, 6.07) is 2.48. The Morgan fingerprint density at radius 2 is 2.12 bits per heavy atom. The molecule has 148 valence electrons. The van der Waals surface area contributed by atoms with Gasteiger partial charge in [0.25, 0.3) is 0 Å². The van der Waals surface area contributed by atoms with Crippen molar-refractivity contribution in [1.29, 1.82) is 0 Å². The van der Waals surface area contributed by atoms with Gasteiger partial charge >= 0.3 is 0 Å². The van der Waals surface area contributed by atoms with E-state index in [0.29, 0.717) is 12.6 Å². The van der Waals surface area contributed by atoms with E-state index in [-0.39, 0.29) is 24.0 Å². The molecule has 2 aliphatic rings. The van der Waals surface area contributed by atoms with Crippen molar-refractivity contribution in [3.05, 3.63) is 17.5 Å². The van der Waals surface area contributed by atoms with E-state index in [2.05, 4.69) is 39.5 Å². The molecule has 7 heteroatoms. The fourth-order valence-corrected chi connectivity index (χ4v) is 3.94. The second-order valence-corrected chi connectivity index (χ2v) is 7.37. The number of aliphatic imine (C=N–C) groups is 1. The van der Waals surface area contributed by atoms with Gasteiger partial charge in [-0.05, 0) is 38.5 Å². The molecular weight excluding hydrogens is 441 g/mol. The number of guanidine groups is 1. The number of nitrogens with one attached hydrogen (secondary N) is 2. The van der Waals surface area contributed by atoms with Crippen LogP contribution in [0.3, 0.4) is 0 Å². The highest BCUT2D eigenvalue weighted by atomic mass is 127. The lowest BCUT2D eigenvalue weighted by molar-refractivity contribution is 0.275. The molecule has 1 aromatic heterocycles. The number of aromatic nitrogens is 1. The predicted molar refractivity (Wildman–Crippen MR) is 116 cm³/mol. The molecule has 1 atom stereocenters. The van der Waals surface area contributed by atoms with E-state index in [4.69, 9.17) is 4.52 Å². The van der Waals surface area contributed by atoms with Gasteiger partial charge < -0.3 is 20.1 Å². The topological polar surface area (TPSA) is 65.7 Å². The second-order valence-electron chi connectivity index (χ2n) is 7.37. The molecule has 6 nitrogen and oxygen atoms in total. The molecule has 1 aliphatic carbocycles. The number of hydrogen-bond acceptors (Lipinski definition) is 4. The SMILES string of the molecule is CCNC(=NCc1cc(CC)no1)NC1CCN(CC2CCCC2)C1.I. The molecule has 26 heavy (non-hydrogen) atoms. The minimum atomic E-state index is 0. The molecule has 0 aromatic carbocycles. The summed E-state index contributed by atoms with van der Waals surface area (Å²) in [6.45, 7) is 9.18. The lowest BCUT2D eigenvalue weighted by atomic mass is 10.1. The van der Waals surface area contributed by atoms with Crippen LogP contribution in [0.2, 0.25) is 0 Å². The van der Waals surface area contributed by atoms with Crippen molar-refractivity contribution in [2.45, 2.75) is 65.0 Å². The van der Waals surface area contributed by atoms with Crippen molar-refractivity contribution >= 4 is 29.9 Å². The van der Waals surface area contributed by atoms with Crippen LogP contribution in [0.15, 0.2) is 15.6 Å². The Morgan fingerprint density at radius 1 is 1.31 bits per heavy atom. The van der Waals surface area contributed by atoms with Crippen LogP contribution in [0.25, 0.3) is 0 Å². The van der Waals surface area contributed by atoms with Crippen LogP contribution in [0, 0.1) is 5.92 Å². The molecule has 1 aliphatic heterocycles. The number of nitrogens with zero attached hydrogens (tertiary/aromatic N) is 3. The average molecular weight is 475 g/mol. The van der Waals surface area contributed by atoms with Gasteiger partial charge in [0.15, 0.2) is 11.7 Å². The van der Waals surface area contributed by atoms with Gasteiger partial charge in [-0.15, -0.1) is 24.0 Å². The van der Waals surface area contributed by atoms with Gasteiger partial charge in [0.1, 0.15) is 6.54 Å². The molecule has 2 N–H and O–H groups in total. The van der Waals surface area contributed by atoms with Crippen molar-refractivity contribution in [3.8, 4) is 0 Å². The summed E-state index contributed by atoms with van der Waals surface area (Å²) >= 11 is 0. The lowest BCUT2D eigenvalue weighted by Gasteiger charge is -2.21. The normalized spacial score (nSPS) is 21.8. The first-order valence-electron chi connectivity index (χ1n) is 9.98. The molecular formula is C19H34IN5O. The zero-order chi connectivity index (χ0) is 17.5. The summed E-state index contributed by atoms with van der Waals surface area (Å²) in [5.74, 6) is 2.63. The Hall–Kier alpha value is -0.830. The standard InChI is InChI=1S/C19H33N5O.HI/c1-3-16-11-18(25-23-16)12-21-19(20-4-2)22-17-9-10-24(14-17)13-15-7-5-6-8-15;/h11,15,17H,3-10,12-14H2,1-2H3,(H2,20,21,22);1H. The summed E-state index contributed by atoms with van der Waals surface area (Å²) < 4.78 is 5.32. The summed E-state index contributed by atoms with van der Waals surface area (Å²) in [5, 5.41) is 11.0. The lowest BCUT2D eigenvalue weighted by Crippen LogP contribution is -2.44. The number of aryl methyl sites for hydroxylation is 1. The average Bonchev–Trinajstić information content (AvgIpc) is 3.35. The van der Waals surface area contributed by atoms with Gasteiger partial charge in [0.05, 0.1) is 5.69 Å². The van der Waals surface area contributed by atoms with Gasteiger partial charge in [-0.1, -0.05) is 24.9 Å². The van der Waals surface area contributed by atoms with Gasteiger partial charge in [-0.25, -0.2) is 4.99 Å². The number of likely N-dealkylation sites (tertiary alicyclic amines) is 1. The molecule has 2 heterocycles. The highest BCUT2D eigenvalue weighted by Crippen LogP contribution is 2.26. The first-order valence-corrected chi connectivity index (χ1v) is 9.98. The Bertz CT molecular complexity index is 556. The minimum Gasteiger partial charge on any atom is -0.359 e. The molecule has 3 rings (SSSR count). The number of halogens is 1. The Labute approximate surface area is 174 Å². The zero-order valence-electron chi connectivity index (χ0n) is 16.2. The van der Waals surface area contributed by atoms with Gasteiger partial charge in [0, 0.05) is 38.3 Å². The van der Waals surface area contributed by atoms with Crippen LogP contribution >= 0.6 is 24.0 Å². The summed E-state index contributed by atoms with van der Waals surface area (Å²) in [5.41, 5.74) is 0.988. The molecule has 0 amide bonds. The highest BCUT2D eigenvalue weighted by molar-refractivity contribution is 14.0. The van der Waals surface area contributed by atoms with E-state index in [1.165, 1.54) is 45.2 Å². The third-order valence-corrected chi connectivity index (χ3v) is 5.31. The second kappa shape index (κ2) is 11.1. The van der Waals surface area contributed by atoms with Crippen molar-refractivity contribution in [2.24, 2.45) is 10.9 Å². The Kier molecular flexibility index (Phi) is 9.18. The zero-order valence-corrected chi connectivity index (χ0v) is 18.5. The van der Waals surface area contributed by atoms with E-state index in [0.717, 1.165) is 42.8 Å². The molecule has 1 saturated heterocycles. The highest BCUT2D eigenvalue weighted by Gasteiger charge is 2.26. The largest absolute Gasteiger partial charge is 0.359 e. The van der Waals surface area contributed by atoms with Crippen molar-refractivity contribution in [3.63, 3.8) is 0 Å². The van der Waals surface area contributed by atoms with Crippen LogP contribution in [0.4, 0.5) is 0 Å². The first-order chi connectivity index (χ1) is 12.3. The van der Waals surface area contributed by atoms with Crippen molar-refractivity contribution < 1.29 is 4.52 Å². The fourth-order valence-electron chi connectivity index (χ4n) is 3.94. The van der Waals surface area contributed by atoms with E-state index in [9.17, 15) is 0 Å². The van der Waals surface area contributed by atoms with E-state index >= 15 is 0 Å². The van der Waals surface area contributed by atoms with Gasteiger partial charge in [-0.3, -0.25) is 0 Å². The van der Waals surface area contributed by atoms with Crippen LogP contribution in [-0.2, 0) is 13.0 Å². The van der Waals surface area contributed by atoms with E-state index in [1.807, 2.05) is 6.07 Å². The Balaban J connectivity index is 0.00000243. The fraction of sp³-hybridized carbons (Fsp3) is 0.789. The molecule has 2 fully saturated rings. The first kappa shape index (κ1) is 21.5. The van der Waals surface area contributed by atoms with Crippen LogP contribution in [0.5, 0.6) is 0 Å². The Morgan fingerprint density at radius 3 is 2.81 bits per heavy atom. The van der Waals surface area contributed by atoms with Gasteiger partial charge in [0.2, 0.25) is 0 Å². The van der Waals surface area contributed by atoms with Crippen LogP contribution < -0.4 is 10.6 Å². The molecule has 0 spiro atoms. The third-order valence-electron chi connectivity index (χ3n) is 5.31. The molecule has 1 unspecified atom stereocenters. The summed E-state index contributed by atoms with van der Waals surface area (Å²) in [7, 11) is 0. The maximum absolute atomic E-state index is 5.32. The summed E-state index contributed by atoms with van der Waals surface area (Å²) in [4.78, 5) is 7.29. The van der Waals surface area contributed by atoms with E-state index in [1.54, 1.807) is 0 Å². The van der Waals surface area contributed by atoms with Crippen molar-refractivity contribution in [2.75, 3.05) is 26.2 Å². The monoisotopic (exact) mass is 475 g/mol. The van der Waals surface area contributed by atoms with E-state index < -0.39 is 0 Å². The predicted octanol–water partition coefficient (Wildman–Crippen LogP) is 3.17. The van der Waals surface area contributed by atoms with Crippen molar-refractivity contribution in [1.82, 2.24) is 20.7 Å². The van der Waals surface area contributed by atoms with Gasteiger partial charge in [-0.2, -0.15) is 0 Å². The summed E-state index contributed by atoms with van der Waals surface area (Å²) in [6.07, 6.45) is 7.80. The third kappa shape index (κ3) is 6.40. The van der Waals surface area contributed by atoms with Crippen LogP contribution in [-0.4, -0.2) is 48.2 Å². The molecule has 0 bridgehead atoms. The molecule has 1 saturated carbocycles. The smallest absolute Gasteiger partial charge is 0.191 e. The minimum absolute atomic E-state index is 0.